The van der Waals surface area contributed by atoms with E-state index >= 15 is 0 Å². The minimum atomic E-state index is -3.50. The molecule has 1 saturated carbocycles. The Labute approximate surface area is 119 Å². The smallest absolute Gasteiger partial charge is 0.240 e. The molecule has 112 valence electrons. The third-order valence-corrected chi connectivity index (χ3v) is 5.10. The van der Waals surface area contributed by atoms with Gasteiger partial charge in [0.15, 0.2) is 0 Å². The Morgan fingerprint density at radius 2 is 2.10 bits per heavy atom. The van der Waals surface area contributed by atoms with Crippen molar-refractivity contribution in [3.63, 3.8) is 0 Å². The van der Waals surface area contributed by atoms with Crippen LogP contribution in [0.15, 0.2) is 23.1 Å². The van der Waals surface area contributed by atoms with Crippen LogP contribution in [0.5, 0.6) is 0 Å². The van der Waals surface area contributed by atoms with Crippen LogP contribution in [-0.2, 0) is 10.0 Å². The van der Waals surface area contributed by atoms with Crippen LogP contribution in [0.25, 0.3) is 0 Å². The van der Waals surface area contributed by atoms with Crippen LogP contribution in [0.3, 0.4) is 0 Å². The lowest BCUT2D eigenvalue weighted by Gasteiger charge is -2.37. The van der Waals surface area contributed by atoms with Gasteiger partial charge in [-0.1, -0.05) is 6.92 Å². The summed E-state index contributed by atoms with van der Waals surface area (Å²) >= 11 is 0. The topological polar surface area (TPSA) is 104 Å². The molecular formula is C13H21N3O3S. The fourth-order valence-electron chi connectivity index (χ4n) is 2.15. The second-order valence-corrected chi connectivity index (χ2v) is 6.95. The fourth-order valence-corrected chi connectivity index (χ4v) is 3.22. The van der Waals surface area contributed by atoms with Crippen LogP contribution in [0.2, 0.25) is 0 Å². The highest BCUT2D eigenvalue weighted by atomic mass is 32.2. The van der Waals surface area contributed by atoms with Gasteiger partial charge in [-0.2, -0.15) is 0 Å². The molecule has 0 heterocycles. The third-order valence-electron chi connectivity index (χ3n) is 3.56. The number of rotatable bonds is 6. The van der Waals surface area contributed by atoms with Crippen LogP contribution in [0, 0.1) is 0 Å². The molecule has 1 aliphatic carbocycles. The van der Waals surface area contributed by atoms with Gasteiger partial charge in [-0.3, -0.25) is 0 Å². The van der Waals surface area contributed by atoms with Crippen molar-refractivity contribution in [2.45, 2.75) is 36.7 Å². The lowest BCUT2D eigenvalue weighted by atomic mass is 9.80. The Kier molecular flexibility index (Phi) is 4.22. The lowest BCUT2D eigenvalue weighted by Crippen LogP contribution is -2.43. The highest BCUT2D eigenvalue weighted by Gasteiger charge is 2.34. The average molecular weight is 299 g/mol. The van der Waals surface area contributed by atoms with E-state index in [1.807, 2.05) is 0 Å². The molecule has 0 amide bonds. The summed E-state index contributed by atoms with van der Waals surface area (Å²) in [6.07, 6.45) is 2.53. The van der Waals surface area contributed by atoms with Gasteiger partial charge < -0.3 is 16.2 Å². The van der Waals surface area contributed by atoms with Gasteiger partial charge in [0.25, 0.3) is 0 Å². The van der Waals surface area contributed by atoms with Crippen molar-refractivity contribution in [1.82, 2.24) is 4.72 Å². The molecule has 0 radical (unpaired) electrons. The molecule has 6 nitrogen and oxygen atoms in total. The predicted molar refractivity (Wildman–Crippen MR) is 79.0 cm³/mol. The zero-order chi connectivity index (χ0) is 14.8. The van der Waals surface area contributed by atoms with E-state index in [2.05, 4.69) is 10.0 Å². The van der Waals surface area contributed by atoms with E-state index in [0.29, 0.717) is 24.5 Å². The van der Waals surface area contributed by atoms with E-state index in [-0.39, 0.29) is 4.90 Å². The van der Waals surface area contributed by atoms with Gasteiger partial charge in [0.2, 0.25) is 10.0 Å². The average Bonchev–Trinajstić information content (AvgIpc) is 2.35. The Morgan fingerprint density at radius 1 is 1.40 bits per heavy atom. The fraction of sp³-hybridized carbons (Fsp3) is 0.538. The van der Waals surface area contributed by atoms with Crippen molar-refractivity contribution < 1.29 is 13.5 Å². The van der Waals surface area contributed by atoms with Gasteiger partial charge in [0.05, 0.1) is 21.9 Å². The van der Waals surface area contributed by atoms with Crippen LogP contribution < -0.4 is 15.8 Å². The molecule has 0 bridgehead atoms. The maximum absolute atomic E-state index is 11.9. The first-order chi connectivity index (χ1) is 9.36. The largest absolute Gasteiger partial charge is 0.397 e. The van der Waals surface area contributed by atoms with Crippen molar-refractivity contribution >= 4 is 21.4 Å². The monoisotopic (exact) mass is 299 g/mol. The Morgan fingerprint density at radius 3 is 2.65 bits per heavy atom. The van der Waals surface area contributed by atoms with Crippen molar-refractivity contribution in [1.29, 1.82) is 0 Å². The highest BCUT2D eigenvalue weighted by Crippen LogP contribution is 2.32. The van der Waals surface area contributed by atoms with Crippen molar-refractivity contribution in [2.75, 3.05) is 24.1 Å². The molecule has 0 saturated heterocycles. The molecule has 1 fully saturated rings. The molecule has 0 aromatic heterocycles. The van der Waals surface area contributed by atoms with Crippen molar-refractivity contribution in [3.05, 3.63) is 18.2 Å². The standard InChI is InChI=1S/C13H21N3O3S/c1-2-16-20(18,19)10-4-5-11(14)12(8-10)15-9-13(17)6-3-7-13/h4-5,8,15-17H,2-3,6-7,9,14H2,1H3. The molecular weight excluding hydrogens is 278 g/mol. The maximum atomic E-state index is 11.9. The molecule has 1 aromatic rings. The number of hydrogen-bond acceptors (Lipinski definition) is 5. The number of nitrogens with two attached hydrogens (primary N) is 1. The zero-order valence-corrected chi connectivity index (χ0v) is 12.3. The minimum Gasteiger partial charge on any atom is -0.397 e. The summed E-state index contributed by atoms with van der Waals surface area (Å²) in [7, 11) is -3.50. The van der Waals surface area contributed by atoms with Crippen molar-refractivity contribution in [3.8, 4) is 0 Å². The quantitative estimate of drug-likeness (QED) is 0.584. The molecule has 20 heavy (non-hydrogen) atoms. The summed E-state index contributed by atoms with van der Waals surface area (Å²) in [5.74, 6) is 0. The first-order valence-corrected chi connectivity index (χ1v) is 8.20. The summed E-state index contributed by atoms with van der Waals surface area (Å²) in [6, 6.07) is 4.52. The zero-order valence-electron chi connectivity index (χ0n) is 11.5. The van der Waals surface area contributed by atoms with Gasteiger partial charge in [-0.15, -0.1) is 0 Å². The lowest BCUT2D eigenvalue weighted by molar-refractivity contribution is -0.0201. The van der Waals surface area contributed by atoms with Crippen LogP contribution in [0.1, 0.15) is 26.2 Å². The molecule has 0 spiro atoms. The maximum Gasteiger partial charge on any atom is 0.240 e. The van der Waals surface area contributed by atoms with E-state index in [9.17, 15) is 13.5 Å². The van der Waals surface area contributed by atoms with Crippen LogP contribution >= 0.6 is 0 Å². The Hall–Kier alpha value is -1.31. The number of hydrogen-bond donors (Lipinski definition) is 4. The molecule has 0 unspecified atom stereocenters. The van der Waals surface area contributed by atoms with Gasteiger partial charge in [0.1, 0.15) is 0 Å². The summed E-state index contributed by atoms with van der Waals surface area (Å²) in [5, 5.41) is 13.1. The predicted octanol–water partition coefficient (Wildman–Crippen LogP) is 0.894. The summed E-state index contributed by atoms with van der Waals surface area (Å²) in [6.45, 7) is 2.43. The molecule has 0 atom stereocenters. The number of anilines is 2. The molecule has 5 N–H and O–H groups in total. The molecule has 1 aromatic carbocycles. The molecule has 7 heteroatoms. The van der Waals surface area contributed by atoms with Gasteiger partial charge in [-0.25, -0.2) is 13.1 Å². The summed E-state index contributed by atoms with van der Waals surface area (Å²) in [5.41, 5.74) is 6.14. The number of benzene rings is 1. The normalized spacial score (nSPS) is 17.5. The Bertz CT molecular complexity index is 583. The molecule has 1 aliphatic rings. The second kappa shape index (κ2) is 5.59. The van der Waals surface area contributed by atoms with Gasteiger partial charge in [-0.05, 0) is 37.5 Å². The number of sulfonamides is 1. The van der Waals surface area contributed by atoms with E-state index < -0.39 is 15.6 Å². The minimum absolute atomic E-state index is 0.164. The van der Waals surface area contributed by atoms with Gasteiger partial charge in [0, 0.05) is 13.1 Å². The molecule has 2 rings (SSSR count). The summed E-state index contributed by atoms with van der Waals surface area (Å²) < 4.78 is 26.3. The number of nitrogen functional groups attached to an aromatic ring is 1. The number of nitrogens with one attached hydrogen (secondary N) is 2. The van der Waals surface area contributed by atoms with E-state index in [0.717, 1.165) is 19.3 Å². The second-order valence-electron chi connectivity index (χ2n) is 5.18. The first-order valence-electron chi connectivity index (χ1n) is 6.72. The van der Waals surface area contributed by atoms with E-state index in [1.54, 1.807) is 13.0 Å². The van der Waals surface area contributed by atoms with Crippen LogP contribution in [0.4, 0.5) is 11.4 Å². The summed E-state index contributed by atoms with van der Waals surface area (Å²) in [4.78, 5) is 0.164. The molecule has 0 aliphatic heterocycles. The Balaban J connectivity index is 2.16. The van der Waals surface area contributed by atoms with Crippen LogP contribution in [-0.4, -0.2) is 32.2 Å². The van der Waals surface area contributed by atoms with E-state index in [4.69, 9.17) is 5.73 Å². The SMILES string of the molecule is CCNS(=O)(=O)c1ccc(N)c(NCC2(O)CCC2)c1. The highest BCUT2D eigenvalue weighted by molar-refractivity contribution is 7.89. The van der Waals surface area contributed by atoms with Crippen molar-refractivity contribution in [2.24, 2.45) is 0 Å². The first kappa shape index (κ1) is 15.1. The van der Waals surface area contributed by atoms with E-state index in [1.165, 1.54) is 12.1 Å². The van der Waals surface area contributed by atoms with Gasteiger partial charge >= 0.3 is 0 Å². The number of aliphatic hydroxyl groups is 1. The third kappa shape index (κ3) is 3.23.